The summed E-state index contributed by atoms with van der Waals surface area (Å²) in [6.45, 7) is 0.452. The van der Waals surface area contributed by atoms with Crippen molar-refractivity contribution in [3.05, 3.63) is 23.8 Å². The molecule has 0 saturated carbocycles. The maximum atomic E-state index is 9.28. The van der Waals surface area contributed by atoms with Gasteiger partial charge < -0.3 is 14.7 Å². The highest BCUT2D eigenvalue weighted by molar-refractivity contribution is 5.41. The van der Waals surface area contributed by atoms with E-state index in [4.69, 9.17) is 10.6 Å². The fourth-order valence-corrected chi connectivity index (χ4v) is 1.05. The Balaban J connectivity index is 2.74. The van der Waals surface area contributed by atoms with Gasteiger partial charge in [0.05, 0.1) is 13.7 Å². The van der Waals surface area contributed by atoms with Crippen molar-refractivity contribution in [3.8, 4) is 11.5 Å². The Kier molecular flexibility index (Phi) is 3.54. The maximum Gasteiger partial charge on any atom is 0.160 e. The Morgan fingerprint density at radius 3 is 2.85 bits per heavy atom. The molecule has 0 saturated heterocycles. The average Bonchev–Trinajstić information content (AvgIpc) is 2.16. The topological polar surface area (TPSA) is 64.7 Å². The number of ether oxygens (including phenoxy) is 1. The van der Waals surface area contributed by atoms with E-state index in [1.165, 1.54) is 7.11 Å². The number of hydrogen-bond donors (Lipinski definition) is 2. The van der Waals surface area contributed by atoms with E-state index in [1.54, 1.807) is 18.2 Å². The van der Waals surface area contributed by atoms with Gasteiger partial charge in [0.15, 0.2) is 11.5 Å². The Hall–Kier alpha value is -1.26. The second kappa shape index (κ2) is 4.69. The van der Waals surface area contributed by atoms with Crippen LogP contribution in [0.5, 0.6) is 11.5 Å². The van der Waals surface area contributed by atoms with Gasteiger partial charge in [-0.3, -0.25) is 0 Å². The van der Waals surface area contributed by atoms with Gasteiger partial charge >= 0.3 is 0 Å². The molecule has 1 aromatic carbocycles. The lowest BCUT2D eigenvalue weighted by Crippen LogP contribution is -2.03. The molecule has 0 unspecified atom stereocenters. The van der Waals surface area contributed by atoms with Crippen molar-refractivity contribution >= 4 is 0 Å². The molecule has 0 amide bonds. The Morgan fingerprint density at radius 2 is 2.23 bits per heavy atom. The monoisotopic (exact) mass is 183 g/mol. The molecule has 72 valence electrons. The van der Waals surface area contributed by atoms with E-state index in [9.17, 15) is 5.11 Å². The zero-order valence-corrected chi connectivity index (χ0v) is 7.49. The molecule has 0 heterocycles. The van der Waals surface area contributed by atoms with Gasteiger partial charge in [0.25, 0.3) is 0 Å². The smallest absolute Gasteiger partial charge is 0.160 e. The molecule has 4 nitrogen and oxygen atoms in total. The van der Waals surface area contributed by atoms with E-state index >= 15 is 0 Å². The average molecular weight is 183 g/mol. The zero-order valence-electron chi connectivity index (χ0n) is 7.49. The van der Waals surface area contributed by atoms with Crippen LogP contribution in [-0.2, 0) is 11.3 Å². The van der Waals surface area contributed by atoms with Gasteiger partial charge in [-0.2, -0.15) is 0 Å². The lowest BCUT2D eigenvalue weighted by molar-refractivity contribution is 0.141. The molecule has 3 N–H and O–H groups in total. The number of rotatable bonds is 4. The fourth-order valence-electron chi connectivity index (χ4n) is 1.05. The van der Waals surface area contributed by atoms with Gasteiger partial charge in [-0.1, -0.05) is 6.07 Å². The SMILES string of the molecule is COc1cc(CCON)ccc1O. The van der Waals surface area contributed by atoms with Gasteiger partial charge in [-0.25, -0.2) is 5.90 Å². The van der Waals surface area contributed by atoms with E-state index in [1.807, 2.05) is 0 Å². The summed E-state index contributed by atoms with van der Waals surface area (Å²) in [5.41, 5.74) is 1.01. The first-order valence-corrected chi connectivity index (χ1v) is 3.95. The highest BCUT2D eigenvalue weighted by atomic mass is 16.6. The first-order chi connectivity index (χ1) is 6.27. The van der Waals surface area contributed by atoms with Crippen molar-refractivity contribution < 1.29 is 14.7 Å². The van der Waals surface area contributed by atoms with Gasteiger partial charge in [0.2, 0.25) is 0 Å². The van der Waals surface area contributed by atoms with Crippen molar-refractivity contribution in [2.75, 3.05) is 13.7 Å². The maximum absolute atomic E-state index is 9.28. The second-order valence-electron chi connectivity index (χ2n) is 2.63. The Morgan fingerprint density at radius 1 is 1.46 bits per heavy atom. The van der Waals surface area contributed by atoms with Gasteiger partial charge in [-0.05, 0) is 24.1 Å². The number of phenols is 1. The fraction of sp³-hybridized carbons (Fsp3) is 0.333. The Labute approximate surface area is 76.8 Å². The highest BCUT2D eigenvalue weighted by Crippen LogP contribution is 2.26. The minimum absolute atomic E-state index is 0.139. The molecular weight excluding hydrogens is 170 g/mol. The molecule has 0 aliphatic rings. The van der Waals surface area contributed by atoms with E-state index in [0.29, 0.717) is 18.8 Å². The van der Waals surface area contributed by atoms with Crippen LogP contribution < -0.4 is 10.6 Å². The van der Waals surface area contributed by atoms with E-state index in [-0.39, 0.29) is 5.75 Å². The summed E-state index contributed by atoms with van der Waals surface area (Å²) >= 11 is 0. The van der Waals surface area contributed by atoms with E-state index in [0.717, 1.165) is 5.56 Å². The molecule has 1 aromatic rings. The molecule has 13 heavy (non-hydrogen) atoms. The largest absolute Gasteiger partial charge is 0.504 e. The van der Waals surface area contributed by atoms with Crippen LogP contribution in [0.3, 0.4) is 0 Å². The summed E-state index contributed by atoms with van der Waals surface area (Å²) in [5.74, 6) is 5.50. The Bertz CT molecular complexity index is 276. The number of nitrogens with two attached hydrogens (primary N) is 1. The van der Waals surface area contributed by atoms with Crippen LogP contribution in [0, 0.1) is 0 Å². The summed E-state index contributed by atoms with van der Waals surface area (Å²) in [6, 6.07) is 5.15. The zero-order chi connectivity index (χ0) is 9.68. The van der Waals surface area contributed by atoms with Crippen LogP contribution in [0.4, 0.5) is 0 Å². The summed E-state index contributed by atoms with van der Waals surface area (Å²) in [4.78, 5) is 4.45. The molecule has 0 radical (unpaired) electrons. The predicted molar refractivity (Wildman–Crippen MR) is 48.5 cm³/mol. The summed E-state index contributed by atoms with van der Waals surface area (Å²) in [6.07, 6.45) is 0.702. The third kappa shape index (κ3) is 2.61. The van der Waals surface area contributed by atoms with Crippen molar-refractivity contribution in [3.63, 3.8) is 0 Å². The number of phenolic OH excluding ortho intramolecular Hbond substituents is 1. The standard InChI is InChI=1S/C9H13NO3/c1-12-9-6-7(4-5-13-10)2-3-8(9)11/h2-3,6,11H,4-5,10H2,1H3. The third-order valence-corrected chi connectivity index (χ3v) is 1.75. The molecule has 0 aromatic heterocycles. The normalized spacial score (nSPS) is 10.0. The molecule has 0 spiro atoms. The van der Waals surface area contributed by atoms with Crippen LogP contribution in [-0.4, -0.2) is 18.8 Å². The van der Waals surface area contributed by atoms with Crippen molar-refractivity contribution in [2.24, 2.45) is 5.90 Å². The van der Waals surface area contributed by atoms with Crippen LogP contribution in [0.15, 0.2) is 18.2 Å². The lowest BCUT2D eigenvalue weighted by Gasteiger charge is -2.05. The van der Waals surface area contributed by atoms with Crippen molar-refractivity contribution in [2.45, 2.75) is 6.42 Å². The molecule has 0 bridgehead atoms. The van der Waals surface area contributed by atoms with Crippen LogP contribution >= 0.6 is 0 Å². The molecule has 1 rings (SSSR count). The molecular formula is C9H13NO3. The summed E-state index contributed by atoms with van der Waals surface area (Å²) < 4.78 is 4.94. The first-order valence-electron chi connectivity index (χ1n) is 3.95. The molecule has 0 aliphatic heterocycles. The van der Waals surface area contributed by atoms with Crippen LogP contribution in [0.25, 0.3) is 0 Å². The van der Waals surface area contributed by atoms with Crippen LogP contribution in [0.2, 0.25) is 0 Å². The van der Waals surface area contributed by atoms with Gasteiger partial charge in [0, 0.05) is 0 Å². The lowest BCUT2D eigenvalue weighted by atomic mass is 10.1. The van der Waals surface area contributed by atoms with E-state index in [2.05, 4.69) is 4.84 Å². The summed E-state index contributed by atoms with van der Waals surface area (Å²) in [7, 11) is 1.51. The minimum Gasteiger partial charge on any atom is -0.504 e. The third-order valence-electron chi connectivity index (χ3n) is 1.75. The molecule has 4 heteroatoms. The molecule has 0 aliphatic carbocycles. The number of aromatic hydroxyl groups is 1. The van der Waals surface area contributed by atoms with Crippen molar-refractivity contribution in [1.29, 1.82) is 0 Å². The first kappa shape index (κ1) is 9.83. The number of methoxy groups -OCH3 is 1. The van der Waals surface area contributed by atoms with E-state index < -0.39 is 0 Å². The van der Waals surface area contributed by atoms with Crippen molar-refractivity contribution in [1.82, 2.24) is 0 Å². The van der Waals surface area contributed by atoms with Gasteiger partial charge in [-0.15, -0.1) is 0 Å². The predicted octanol–water partition coefficient (Wildman–Crippen LogP) is 0.834. The minimum atomic E-state index is 0.139. The second-order valence-corrected chi connectivity index (χ2v) is 2.63. The molecule has 0 atom stereocenters. The molecule has 0 fully saturated rings. The highest BCUT2D eigenvalue weighted by Gasteiger charge is 2.01. The number of hydrogen-bond acceptors (Lipinski definition) is 4. The van der Waals surface area contributed by atoms with Crippen LogP contribution in [0.1, 0.15) is 5.56 Å². The summed E-state index contributed by atoms with van der Waals surface area (Å²) in [5, 5.41) is 9.28. The number of benzene rings is 1. The van der Waals surface area contributed by atoms with Gasteiger partial charge in [0.1, 0.15) is 0 Å². The quantitative estimate of drug-likeness (QED) is 0.679.